The zero-order chi connectivity index (χ0) is 9.54. The van der Waals surface area contributed by atoms with Gasteiger partial charge in [-0.3, -0.25) is 0 Å². The summed E-state index contributed by atoms with van der Waals surface area (Å²) in [6.07, 6.45) is 4.97. The lowest BCUT2D eigenvalue weighted by molar-refractivity contribution is 0.635. The first-order chi connectivity index (χ1) is 6.86. The molecule has 0 aliphatic carbocycles. The number of anilines is 2. The second-order valence-electron chi connectivity index (χ2n) is 4.34. The number of aryl methyl sites for hydroxylation is 1. The van der Waals surface area contributed by atoms with E-state index in [1.54, 1.807) is 0 Å². The first kappa shape index (κ1) is 8.16. The molecular formula is C12H16N2. The minimum Gasteiger partial charge on any atom is -0.398 e. The third-order valence-electron chi connectivity index (χ3n) is 3.45. The maximum Gasteiger partial charge on any atom is 0.0452 e. The van der Waals surface area contributed by atoms with Gasteiger partial charge in [-0.15, -0.1) is 0 Å². The average Bonchev–Trinajstić information content (AvgIpc) is 2.24. The number of nitrogens with two attached hydrogens (primary N) is 1. The highest BCUT2D eigenvalue weighted by molar-refractivity contribution is 5.71. The largest absolute Gasteiger partial charge is 0.398 e. The van der Waals surface area contributed by atoms with Crippen LogP contribution >= 0.6 is 0 Å². The van der Waals surface area contributed by atoms with Crippen LogP contribution in [0.1, 0.15) is 24.0 Å². The minimum atomic E-state index is 0.996. The lowest BCUT2D eigenvalue weighted by Gasteiger charge is -2.37. The highest BCUT2D eigenvalue weighted by atomic mass is 15.1. The second kappa shape index (κ2) is 2.91. The van der Waals surface area contributed by atoms with Gasteiger partial charge in [-0.05, 0) is 42.9 Å². The molecule has 0 fully saturated rings. The Morgan fingerprint density at radius 3 is 2.71 bits per heavy atom. The molecule has 14 heavy (non-hydrogen) atoms. The third-order valence-corrected chi connectivity index (χ3v) is 3.45. The van der Waals surface area contributed by atoms with Gasteiger partial charge in [-0.2, -0.15) is 0 Å². The van der Waals surface area contributed by atoms with Crippen molar-refractivity contribution in [2.45, 2.75) is 25.7 Å². The number of benzene rings is 1. The first-order valence-corrected chi connectivity index (χ1v) is 5.51. The highest BCUT2D eigenvalue weighted by Crippen LogP contribution is 2.37. The van der Waals surface area contributed by atoms with Crippen LogP contribution in [-0.4, -0.2) is 13.1 Å². The monoisotopic (exact) mass is 188 g/mol. The van der Waals surface area contributed by atoms with Gasteiger partial charge in [0.25, 0.3) is 0 Å². The van der Waals surface area contributed by atoms with Crippen molar-refractivity contribution in [2.75, 3.05) is 23.7 Å². The van der Waals surface area contributed by atoms with E-state index in [1.165, 1.54) is 55.6 Å². The quantitative estimate of drug-likeness (QED) is 0.631. The van der Waals surface area contributed by atoms with Gasteiger partial charge in [0.05, 0.1) is 0 Å². The highest BCUT2D eigenvalue weighted by Gasteiger charge is 2.24. The Labute approximate surface area is 84.7 Å². The molecule has 0 amide bonds. The molecule has 1 aromatic rings. The predicted molar refractivity (Wildman–Crippen MR) is 59.7 cm³/mol. The minimum absolute atomic E-state index is 0.996. The molecule has 0 radical (unpaired) electrons. The number of nitrogens with zero attached hydrogens (tertiary/aromatic N) is 1. The van der Waals surface area contributed by atoms with E-state index in [1.807, 2.05) is 0 Å². The van der Waals surface area contributed by atoms with E-state index in [2.05, 4.69) is 17.0 Å². The van der Waals surface area contributed by atoms with E-state index in [0.29, 0.717) is 0 Å². The lowest BCUT2D eigenvalue weighted by atomic mass is 9.91. The summed E-state index contributed by atoms with van der Waals surface area (Å²) >= 11 is 0. The fraction of sp³-hybridized carbons (Fsp3) is 0.500. The van der Waals surface area contributed by atoms with Gasteiger partial charge < -0.3 is 10.6 Å². The zero-order valence-corrected chi connectivity index (χ0v) is 8.42. The van der Waals surface area contributed by atoms with Gasteiger partial charge in [0.2, 0.25) is 0 Å². The van der Waals surface area contributed by atoms with Crippen LogP contribution in [0.15, 0.2) is 12.1 Å². The van der Waals surface area contributed by atoms with E-state index < -0.39 is 0 Å². The SMILES string of the molecule is Nc1ccc2c3c1CCCN3CCC2. The summed E-state index contributed by atoms with van der Waals surface area (Å²) in [5, 5.41) is 0. The topological polar surface area (TPSA) is 29.3 Å². The molecule has 0 saturated heterocycles. The molecule has 2 nitrogen and oxygen atoms in total. The lowest BCUT2D eigenvalue weighted by Crippen LogP contribution is -2.34. The standard InChI is InChI=1S/C12H16N2/c13-11-6-5-9-3-1-7-14-8-2-4-10(11)12(9)14/h5-6H,1-4,7-8,13H2. The van der Waals surface area contributed by atoms with E-state index in [4.69, 9.17) is 5.73 Å². The van der Waals surface area contributed by atoms with Gasteiger partial charge in [-0.1, -0.05) is 6.07 Å². The van der Waals surface area contributed by atoms with Crippen LogP contribution in [0.2, 0.25) is 0 Å². The van der Waals surface area contributed by atoms with Crippen molar-refractivity contribution in [1.82, 2.24) is 0 Å². The van der Waals surface area contributed by atoms with Gasteiger partial charge in [0.15, 0.2) is 0 Å². The summed E-state index contributed by atoms with van der Waals surface area (Å²) in [5.41, 5.74) is 11.4. The number of nitrogen functional groups attached to an aromatic ring is 1. The summed E-state index contributed by atoms with van der Waals surface area (Å²) in [7, 11) is 0. The molecule has 2 aliphatic rings. The molecule has 2 aliphatic heterocycles. The molecule has 0 saturated carbocycles. The molecule has 1 aromatic carbocycles. The van der Waals surface area contributed by atoms with Crippen LogP contribution in [0.3, 0.4) is 0 Å². The molecule has 3 rings (SSSR count). The van der Waals surface area contributed by atoms with Crippen molar-refractivity contribution in [2.24, 2.45) is 0 Å². The van der Waals surface area contributed by atoms with Crippen LogP contribution in [0.5, 0.6) is 0 Å². The summed E-state index contributed by atoms with van der Waals surface area (Å²) in [6.45, 7) is 2.45. The summed E-state index contributed by atoms with van der Waals surface area (Å²) in [5.74, 6) is 0. The van der Waals surface area contributed by atoms with Gasteiger partial charge in [0.1, 0.15) is 0 Å². The van der Waals surface area contributed by atoms with Gasteiger partial charge in [-0.25, -0.2) is 0 Å². The Hall–Kier alpha value is -1.18. The molecule has 0 bridgehead atoms. The van der Waals surface area contributed by atoms with E-state index >= 15 is 0 Å². The van der Waals surface area contributed by atoms with Crippen molar-refractivity contribution < 1.29 is 0 Å². The van der Waals surface area contributed by atoms with Crippen LogP contribution < -0.4 is 10.6 Å². The van der Waals surface area contributed by atoms with Crippen molar-refractivity contribution in [3.05, 3.63) is 23.3 Å². The van der Waals surface area contributed by atoms with Crippen molar-refractivity contribution in [3.63, 3.8) is 0 Å². The summed E-state index contributed by atoms with van der Waals surface area (Å²) < 4.78 is 0. The van der Waals surface area contributed by atoms with Crippen LogP contribution in [0.25, 0.3) is 0 Å². The Balaban J connectivity index is 2.22. The van der Waals surface area contributed by atoms with Crippen molar-refractivity contribution >= 4 is 11.4 Å². The molecule has 0 unspecified atom stereocenters. The fourth-order valence-corrected chi connectivity index (χ4v) is 2.80. The molecule has 2 heteroatoms. The van der Waals surface area contributed by atoms with Crippen LogP contribution in [0.4, 0.5) is 11.4 Å². The predicted octanol–water partition coefficient (Wildman–Crippen LogP) is 1.97. The molecule has 2 heterocycles. The number of rotatable bonds is 0. The average molecular weight is 188 g/mol. The van der Waals surface area contributed by atoms with Crippen molar-refractivity contribution in [3.8, 4) is 0 Å². The molecule has 0 aromatic heterocycles. The Kier molecular flexibility index (Phi) is 1.69. The summed E-state index contributed by atoms with van der Waals surface area (Å²) in [4.78, 5) is 2.52. The van der Waals surface area contributed by atoms with E-state index in [-0.39, 0.29) is 0 Å². The maximum atomic E-state index is 6.02. The first-order valence-electron chi connectivity index (χ1n) is 5.51. The number of hydrogen-bond donors (Lipinski definition) is 1. The van der Waals surface area contributed by atoms with E-state index in [9.17, 15) is 0 Å². The number of hydrogen-bond acceptors (Lipinski definition) is 2. The Morgan fingerprint density at radius 1 is 1.07 bits per heavy atom. The van der Waals surface area contributed by atoms with Crippen molar-refractivity contribution in [1.29, 1.82) is 0 Å². The summed E-state index contributed by atoms with van der Waals surface area (Å²) in [6, 6.07) is 4.30. The second-order valence-corrected chi connectivity index (χ2v) is 4.34. The van der Waals surface area contributed by atoms with Crippen LogP contribution in [0, 0.1) is 0 Å². The van der Waals surface area contributed by atoms with E-state index in [0.717, 1.165) is 5.69 Å². The molecular weight excluding hydrogens is 172 g/mol. The maximum absolute atomic E-state index is 6.02. The van der Waals surface area contributed by atoms with Gasteiger partial charge in [0, 0.05) is 24.5 Å². The molecule has 0 spiro atoms. The zero-order valence-electron chi connectivity index (χ0n) is 8.42. The smallest absolute Gasteiger partial charge is 0.0452 e. The molecule has 2 N–H and O–H groups in total. The fourth-order valence-electron chi connectivity index (χ4n) is 2.80. The third kappa shape index (κ3) is 1.03. The Bertz CT molecular complexity index is 369. The normalized spacial score (nSPS) is 19.3. The molecule has 74 valence electrons. The van der Waals surface area contributed by atoms with Crippen LogP contribution in [-0.2, 0) is 12.8 Å². The Morgan fingerprint density at radius 2 is 1.86 bits per heavy atom. The molecule has 0 atom stereocenters. The van der Waals surface area contributed by atoms with Gasteiger partial charge >= 0.3 is 0 Å².